The molecule has 41 heavy (non-hydrogen) atoms. The third-order valence-corrected chi connectivity index (χ3v) is 8.77. The van der Waals surface area contributed by atoms with E-state index < -0.39 is 0 Å². The van der Waals surface area contributed by atoms with Gasteiger partial charge in [-0.3, -0.25) is 9.13 Å². The molecule has 190 valence electrons. The van der Waals surface area contributed by atoms with E-state index in [0.717, 1.165) is 28.2 Å². The topological polar surface area (TPSA) is 27.2 Å². The van der Waals surface area contributed by atoms with Crippen LogP contribution in [-0.2, 0) is 0 Å². The molecule has 0 atom stereocenters. The quantitative estimate of drug-likeness (QED) is 0.222. The molecule has 0 aliphatic heterocycles. The Morgan fingerprint density at radius 1 is 0.415 bits per heavy atom. The predicted octanol–water partition coefficient (Wildman–Crippen LogP) is 9.27. The normalized spacial score (nSPS) is 12.4. The summed E-state index contributed by atoms with van der Waals surface area (Å²) in [5.41, 5.74) is 9.14. The molecule has 0 radical (unpaired) electrons. The van der Waals surface area contributed by atoms with Crippen molar-refractivity contribution in [2.45, 2.75) is 0 Å². The van der Waals surface area contributed by atoms with Crippen molar-refractivity contribution in [2.24, 2.45) is 0 Å². The Labute approximate surface area is 234 Å². The van der Waals surface area contributed by atoms with Gasteiger partial charge in [0.05, 0.1) is 38.6 Å². The second-order valence-corrected chi connectivity index (χ2v) is 10.8. The van der Waals surface area contributed by atoms with Crippen LogP contribution in [0.5, 0.6) is 0 Å². The summed E-state index contributed by atoms with van der Waals surface area (Å²) in [5, 5.41) is 7.56. The molecule has 0 N–H and O–H groups in total. The van der Waals surface area contributed by atoms with E-state index in [1.807, 2.05) is 0 Å². The van der Waals surface area contributed by atoms with Gasteiger partial charge < -0.3 is 4.40 Å². The van der Waals surface area contributed by atoms with Crippen molar-refractivity contribution >= 4 is 70.9 Å². The lowest BCUT2D eigenvalue weighted by molar-refractivity contribution is 0.958. The number of benzene rings is 6. The SMILES string of the molecule is c1ccc(-n2c(-n3c4ccc5cccc6c7ccccc7n7c8ccccc8c3c7c4c56)nc3ccccc32)cc1. The van der Waals surface area contributed by atoms with Gasteiger partial charge >= 0.3 is 0 Å². The summed E-state index contributed by atoms with van der Waals surface area (Å²) >= 11 is 0. The zero-order valence-corrected chi connectivity index (χ0v) is 22.0. The van der Waals surface area contributed by atoms with Crippen LogP contribution >= 0.6 is 0 Å². The fraction of sp³-hybridized carbons (Fsp3) is 0. The average Bonchev–Trinajstić information content (AvgIpc) is 3.65. The van der Waals surface area contributed by atoms with Crippen LogP contribution in [0.4, 0.5) is 0 Å². The van der Waals surface area contributed by atoms with Crippen molar-refractivity contribution in [3.05, 3.63) is 133 Å². The van der Waals surface area contributed by atoms with Crippen molar-refractivity contribution in [2.75, 3.05) is 0 Å². The molecule has 4 nitrogen and oxygen atoms in total. The van der Waals surface area contributed by atoms with E-state index in [9.17, 15) is 0 Å². The Hall–Kier alpha value is -5.61. The number of hydrogen-bond donors (Lipinski definition) is 0. The number of fused-ring (bicyclic) bond motifs is 7. The van der Waals surface area contributed by atoms with Gasteiger partial charge in [0.15, 0.2) is 0 Å². The number of imidazole rings is 1. The molecule has 0 aliphatic carbocycles. The second-order valence-electron chi connectivity index (χ2n) is 10.8. The molecule has 0 saturated heterocycles. The van der Waals surface area contributed by atoms with Gasteiger partial charge in [0.25, 0.3) is 0 Å². The third kappa shape index (κ3) is 2.57. The first-order chi connectivity index (χ1) is 20.4. The van der Waals surface area contributed by atoms with E-state index in [1.165, 1.54) is 54.4 Å². The first-order valence-corrected chi connectivity index (χ1v) is 14.0. The summed E-state index contributed by atoms with van der Waals surface area (Å²) in [6.07, 6.45) is 0. The molecular weight excluding hydrogens is 500 g/mol. The van der Waals surface area contributed by atoms with Gasteiger partial charge in [0.1, 0.15) is 0 Å². The minimum Gasteiger partial charge on any atom is -0.306 e. The molecule has 4 heteroatoms. The minimum absolute atomic E-state index is 0.894. The first-order valence-electron chi connectivity index (χ1n) is 14.0. The largest absolute Gasteiger partial charge is 0.306 e. The van der Waals surface area contributed by atoms with Crippen molar-refractivity contribution in [3.8, 4) is 11.6 Å². The zero-order chi connectivity index (χ0) is 26.7. The standard InChI is InChI=1S/C37H22N4/c1-2-12-24(13-3-1)39-31-20-9-6-17-28(31)38-37(39)41-32-22-21-23-11-10-16-26-25-14-4-7-18-29(25)40-30-19-8-5-15-27(30)35(41)36(40)34(32)33(23)26/h1-22H. The molecule has 0 bridgehead atoms. The van der Waals surface area contributed by atoms with Gasteiger partial charge in [0, 0.05) is 27.2 Å². The van der Waals surface area contributed by atoms with E-state index in [1.54, 1.807) is 0 Å². The van der Waals surface area contributed by atoms with Crippen molar-refractivity contribution in [1.82, 2.24) is 18.5 Å². The summed E-state index contributed by atoms with van der Waals surface area (Å²) in [6, 6.07) is 47.9. The first kappa shape index (κ1) is 21.2. The van der Waals surface area contributed by atoms with Gasteiger partial charge in [0.2, 0.25) is 5.95 Å². The van der Waals surface area contributed by atoms with Gasteiger partial charge in [-0.25, -0.2) is 4.98 Å². The van der Waals surface area contributed by atoms with Crippen LogP contribution in [0.1, 0.15) is 0 Å². The van der Waals surface area contributed by atoms with Crippen molar-refractivity contribution < 1.29 is 0 Å². The average molecular weight is 523 g/mol. The number of hydrogen-bond acceptors (Lipinski definition) is 1. The molecular formula is C37H22N4. The van der Waals surface area contributed by atoms with E-state index >= 15 is 0 Å². The molecule has 4 heterocycles. The number of nitrogens with zero attached hydrogens (tertiary/aromatic N) is 4. The smallest absolute Gasteiger partial charge is 0.220 e. The maximum atomic E-state index is 5.33. The molecule has 4 aromatic heterocycles. The Morgan fingerprint density at radius 3 is 1.95 bits per heavy atom. The van der Waals surface area contributed by atoms with E-state index in [2.05, 4.69) is 147 Å². The van der Waals surface area contributed by atoms with Crippen LogP contribution in [0, 0.1) is 0 Å². The fourth-order valence-electron chi connectivity index (χ4n) is 7.17. The molecule has 10 rings (SSSR count). The number of para-hydroxylation sites is 5. The van der Waals surface area contributed by atoms with Crippen LogP contribution in [0.15, 0.2) is 133 Å². The molecule has 0 unspecified atom stereocenters. The molecule has 6 aromatic carbocycles. The summed E-state index contributed by atoms with van der Waals surface area (Å²) in [5.74, 6) is 0.894. The van der Waals surface area contributed by atoms with E-state index in [4.69, 9.17) is 4.98 Å². The van der Waals surface area contributed by atoms with E-state index in [-0.39, 0.29) is 0 Å². The zero-order valence-electron chi connectivity index (χ0n) is 22.0. The maximum absolute atomic E-state index is 5.33. The van der Waals surface area contributed by atoms with Gasteiger partial charge in [-0.05, 0) is 53.2 Å². The highest BCUT2D eigenvalue weighted by molar-refractivity contribution is 6.33. The van der Waals surface area contributed by atoms with Gasteiger partial charge in [-0.2, -0.15) is 0 Å². The number of rotatable bonds is 2. The molecule has 0 amide bonds. The van der Waals surface area contributed by atoms with Crippen LogP contribution in [-0.4, -0.2) is 18.5 Å². The lowest BCUT2D eigenvalue weighted by atomic mass is 10.0. The van der Waals surface area contributed by atoms with E-state index in [0.29, 0.717) is 0 Å². The van der Waals surface area contributed by atoms with Gasteiger partial charge in [-0.1, -0.05) is 91.0 Å². The third-order valence-electron chi connectivity index (χ3n) is 8.77. The Balaban J connectivity index is 1.55. The molecule has 10 aromatic rings. The highest BCUT2D eigenvalue weighted by Gasteiger charge is 2.27. The maximum Gasteiger partial charge on any atom is 0.220 e. The van der Waals surface area contributed by atoms with Crippen LogP contribution in [0.25, 0.3) is 82.6 Å². The van der Waals surface area contributed by atoms with Crippen LogP contribution < -0.4 is 0 Å². The molecule has 0 spiro atoms. The molecule has 0 saturated carbocycles. The lowest BCUT2D eigenvalue weighted by Crippen LogP contribution is -2.05. The van der Waals surface area contributed by atoms with Crippen molar-refractivity contribution in [3.63, 3.8) is 0 Å². The van der Waals surface area contributed by atoms with Crippen molar-refractivity contribution in [1.29, 1.82) is 0 Å². The Bertz CT molecular complexity index is 2630. The highest BCUT2D eigenvalue weighted by atomic mass is 15.3. The molecule has 0 aliphatic rings. The number of aromatic nitrogens is 4. The Kier molecular flexibility index (Phi) is 3.90. The van der Waals surface area contributed by atoms with Gasteiger partial charge in [-0.15, -0.1) is 0 Å². The summed E-state index contributed by atoms with van der Waals surface area (Å²) < 4.78 is 7.19. The lowest BCUT2D eigenvalue weighted by Gasteiger charge is -2.12. The fourth-order valence-corrected chi connectivity index (χ4v) is 7.17. The van der Waals surface area contributed by atoms with Crippen LogP contribution in [0.3, 0.4) is 0 Å². The molecule has 0 fully saturated rings. The van der Waals surface area contributed by atoms with Crippen LogP contribution in [0.2, 0.25) is 0 Å². The summed E-state index contributed by atoms with van der Waals surface area (Å²) in [4.78, 5) is 5.33. The predicted molar refractivity (Wildman–Crippen MR) is 170 cm³/mol. The summed E-state index contributed by atoms with van der Waals surface area (Å²) in [7, 11) is 0. The monoisotopic (exact) mass is 522 g/mol. The minimum atomic E-state index is 0.894. The second kappa shape index (κ2) is 7.52. The highest BCUT2D eigenvalue weighted by Crippen LogP contribution is 2.46. The summed E-state index contributed by atoms with van der Waals surface area (Å²) in [6.45, 7) is 0. The Morgan fingerprint density at radius 2 is 1.10 bits per heavy atom.